The molecule has 25 heavy (non-hydrogen) atoms. The molecule has 0 bridgehead atoms. The third-order valence-electron chi connectivity index (χ3n) is 5.79. The van der Waals surface area contributed by atoms with Gasteiger partial charge in [0.15, 0.2) is 5.69 Å². The lowest BCUT2D eigenvalue weighted by Crippen LogP contribution is -2.36. The minimum absolute atomic E-state index is 0.00208. The number of amides is 1. The van der Waals surface area contributed by atoms with Gasteiger partial charge in [0, 0.05) is 50.7 Å². The average Bonchev–Trinajstić information content (AvgIpc) is 3.37. The van der Waals surface area contributed by atoms with Crippen molar-refractivity contribution in [3.05, 3.63) is 17.0 Å². The van der Waals surface area contributed by atoms with Gasteiger partial charge in [-0.2, -0.15) is 5.10 Å². The Morgan fingerprint density at radius 2 is 2.00 bits per heavy atom. The van der Waals surface area contributed by atoms with Crippen LogP contribution in [0.25, 0.3) is 0 Å². The standard InChI is InChI=1S/C19H30N4O2/c1-4-23-18-14(3)25-13(2)12-16(18)17(20-23)19(24)22-9-5-8-21(10-11-22)15-6-7-15/h13-15H,4-12H2,1-3H3/t13-,14+/m1/s1. The topological polar surface area (TPSA) is 50.6 Å². The van der Waals surface area contributed by atoms with Crippen LogP contribution in [0.15, 0.2) is 0 Å². The number of hydrogen-bond acceptors (Lipinski definition) is 4. The SMILES string of the molecule is CCn1nc(C(=O)N2CCCN(C3CC3)CC2)c2c1[C@H](C)O[C@H](C)C2. The fraction of sp³-hybridized carbons (Fsp3) is 0.789. The highest BCUT2D eigenvalue weighted by atomic mass is 16.5. The highest BCUT2D eigenvalue weighted by molar-refractivity contribution is 5.94. The molecule has 6 nitrogen and oxygen atoms in total. The molecule has 0 N–H and O–H groups in total. The van der Waals surface area contributed by atoms with Gasteiger partial charge in [-0.15, -0.1) is 0 Å². The molecule has 0 radical (unpaired) electrons. The van der Waals surface area contributed by atoms with Crippen LogP contribution in [0.1, 0.15) is 67.9 Å². The van der Waals surface area contributed by atoms with Crippen LogP contribution >= 0.6 is 0 Å². The fourth-order valence-corrected chi connectivity index (χ4v) is 4.42. The predicted molar refractivity (Wildman–Crippen MR) is 95.7 cm³/mol. The minimum atomic E-state index is 0.00208. The van der Waals surface area contributed by atoms with Crippen molar-refractivity contribution in [3.63, 3.8) is 0 Å². The van der Waals surface area contributed by atoms with E-state index in [1.54, 1.807) is 0 Å². The van der Waals surface area contributed by atoms with Crippen LogP contribution < -0.4 is 0 Å². The molecule has 3 aliphatic rings. The second-order valence-corrected chi connectivity index (χ2v) is 7.73. The largest absolute Gasteiger partial charge is 0.369 e. The molecule has 1 aromatic heterocycles. The van der Waals surface area contributed by atoms with Gasteiger partial charge in [0.25, 0.3) is 5.91 Å². The van der Waals surface area contributed by atoms with Crippen LogP contribution in [-0.2, 0) is 17.7 Å². The Morgan fingerprint density at radius 1 is 1.20 bits per heavy atom. The molecule has 2 fully saturated rings. The highest BCUT2D eigenvalue weighted by Crippen LogP contribution is 2.33. The van der Waals surface area contributed by atoms with Gasteiger partial charge >= 0.3 is 0 Å². The van der Waals surface area contributed by atoms with Crippen LogP contribution in [0.4, 0.5) is 0 Å². The maximum absolute atomic E-state index is 13.2. The summed E-state index contributed by atoms with van der Waals surface area (Å²) in [5.41, 5.74) is 2.87. The number of carbonyl (C=O) groups is 1. The summed E-state index contributed by atoms with van der Waals surface area (Å²) in [6.45, 7) is 10.8. The van der Waals surface area contributed by atoms with Crippen molar-refractivity contribution in [3.8, 4) is 0 Å². The predicted octanol–water partition coefficient (Wildman–Crippen LogP) is 2.24. The van der Waals surface area contributed by atoms with Crippen LogP contribution in [-0.4, -0.2) is 63.8 Å². The van der Waals surface area contributed by atoms with Gasteiger partial charge in [-0.25, -0.2) is 0 Å². The molecular weight excluding hydrogens is 316 g/mol. The Hall–Kier alpha value is -1.40. The number of aryl methyl sites for hydroxylation is 1. The van der Waals surface area contributed by atoms with Gasteiger partial charge in [0.2, 0.25) is 0 Å². The van der Waals surface area contributed by atoms with Crippen LogP contribution in [0.3, 0.4) is 0 Å². The zero-order valence-electron chi connectivity index (χ0n) is 15.7. The van der Waals surface area contributed by atoms with Crippen LogP contribution in [0.2, 0.25) is 0 Å². The molecule has 6 heteroatoms. The van der Waals surface area contributed by atoms with E-state index in [1.165, 1.54) is 12.8 Å². The molecule has 1 saturated heterocycles. The second kappa shape index (κ2) is 6.72. The van der Waals surface area contributed by atoms with Gasteiger partial charge in [0.05, 0.1) is 17.9 Å². The zero-order valence-corrected chi connectivity index (χ0v) is 15.7. The maximum atomic E-state index is 13.2. The number of nitrogens with zero attached hydrogens (tertiary/aromatic N) is 4. The van der Waals surface area contributed by atoms with E-state index in [-0.39, 0.29) is 18.1 Å². The van der Waals surface area contributed by atoms with E-state index >= 15 is 0 Å². The van der Waals surface area contributed by atoms with Gasteiger partial charge in [-0.3, -0.25) is 14.4 Å². The lowest BCUT2D eigenvalue weighted by molar-refractivity contribution is -0.00951. The van der Waals surface area contributed by atoms with E-state index in [2.05, 4.69) is 25.7 Å². The Balaban J connectivity index is 1.57. The number of aromatic nitrogens is 2. The van der Waals surface area contributed by atoms with E-state index in [1.807, 2.05) is 9.58 Å². The van der Waals surface area contributed by atoms with Crippen molar-refractivity contribution >= 4 is 5.91 Å². The minimum Gasteiger partial charge on any atom is -0.369 e. The summed E-state index contributed by atoms with van der Waals surface area (Å²) in [5.74, 6) is 0.113. The molecule has 138 valence electrons. The normalized spacial score (nSPS) is 27.9. The van der Waals surface area contributed by atoms with Crippen molar-refractivity contribution in [2.75, 3.05) is 26.2 Å². The van der Waals surface area contributed by atoms with E-state index in [0.29, 0.717) is 5.69 Å². The first-order chi connectivity index (χ1) is 12.1. The Kier molecular flexibility index (Phi) is 4.58. The summed E-state index contributed by atoms with van der Waals surface area (Å²) in [7, 11) is 0. The van der Waals surface area contributed by atoms with E-state index in [4.69, 9.17) is 9.84 Å². The number of ether oxygens (including phenoxy) is 1. The molecule has 1 aromatic rings. The van der Waals surface area contributed by atoms with E-state index in [0.717, 1.165) is 62.9 Å². The van der Waals surface area contributed by atoms with Gasteiger partial charge in [-0.1, -0.05) is 0 Å². The monoisotopic (exact) mass is 346 g/mol. The number of carbonyl (C=O) groups excluding carboxylic acids is 1. The third-order valence-corrected chi connectivity index (χ3v) is 5.79. The summed E-state index contributed by atoms with van der Waals surface area (Å²) >= 11 is 0. The molecule has 0 unspecified atom stereocenters. The summed E-state index contributed by atoms with van der Waals surface area (Å²) in [6, 6.07) is 0.779. The van der Waals surface area contributed by atoms with Crippen LogP contribution in [0, 0.1) is 0 Å². The molecule has 0 spiro atoms. The van der Waals surface area contributed by atoms with Crippen molar-refractivity contribution in [2.24, 2.45) is 0 Å². The van der Waals surface area contributed by atoms with Gasteiger partial charge in [0.1, 0.15) is 0 Å². The smallest absolute Gasteiger partial charge is 0.274 e. The Bertz CT molecular complexity index is 652. The van der Waals surface area contributed by atoms with Crippen molar-refractivity contribution in [1.82, 2.24) is 19.6 Å². The summed E-state index contributed by atoms with van der Waals surface area (Å²) in [6.07, 6.45) is 4.65. The molecule has 3 heterocycles. The molecule has 1 aliphatic carbocycles. The van der Waals surface area contributed by atoms with E-state index < -0.39 is 0 Å². The maximum Gasteiger partial charge on any atom is 0.274 e. The quantitative estimate of drug-likeness (QED) is 0.842. The number of fused-ring (bicyclic) bond motifs is 1. The summed E-state index contributed by atoms with van der Waals surface area (Å²) in [5, 5.41) is 4.70. The average molecular weight is 346 g/mol. The number of hydrogen-bond donors (Lipinski definition) is 0. The molecule has 1 amide bonds. The van der Waals surface area contributed by atoms with Crippen molar-refractivity contribution < 1.29 is 9.53 Å². The van der Waals surface area contributed by atoms with Gasteiger partial charge < -0.3 is 9.64 Å². The van der Waals surface area contributed by atoms with Crippen molar-refractivity contribution in [1.29, 1.82) is 0 Å². The first kappa shape index (κ1) is 17.0. The van der Waals surface area contributed by atoms with Crippen molar-refractivity contribution in [2.45, 2.75) is 71.2 Å². The van der Waals surface area contributed by atoms with E-state index in [9.17, 15) is 4.79 Å². The van der Waals surface area contributed by atoms with Gasteiger partial charge in [-0.05, 0) is 40.0 Å². The highest BCUT2D eigenvalue weighted by Gasteiger charge is 2.35. The molecule has 2 atom stereocenters. The number of rotatable bonds is 3. The lowest BCUT2D eigenvalue weighted by atomic mass is 9.99. The second-order valence-electron chi connectivity index (χ2n) is 7.73. The third kappa shape index (κ3) is 3.22. The Morgan fingerprint density at radius 3 is 2.72 bits per heavy atom. The molecule has 2 aliphatic heterocycles. The summed E-state index contributed by atoms with van der Waals surface area (Å²) < 4.78 is 7.93. The molecular formula is C19H30N4O2. The zero-order chi connectivity index (χ0) is 17.6. The Labute approximate surface area is 150 Å². The first-order valence-electron chi connectivity index (χ1n) is 9.86. The molecule has 0 aromatic carbocycles. The summed E-state index contributed by atoms with van der Waals surface area (Å²) in [4.78, 5) is 17.8. The van der Waals surface area contributed by atoms with Crippen LogP contribution in [0.5, 0.6) is 0 Å². The fourth-order valence-electron chi connectivity index (χ4n) is 4.42. The molecule has 1 saturated carbocycles. The molecule has 4 rings (SSSR count). The lowest BCUT2D eigenvalue weighted by Gasteiger charge is -2.27. The first-order valence-corrected chi connectivity index (χ1v) is 9.86.